The van der Waals surface area contributed by atoms with Crippen LogP contribution in [0.25, 0.3) is 0 Å². The molecule has 0 aromatic carbocycles. The topological polar surface area (TPSA) is 84.9 Å². The number of anilines is 1. The summed E-state index contributed by atoms with van der Waals surface area (Å²) >= 11 is 0. The minimum Gasteiger partial charge on any atom is -0.381 e. The first-order valence-electron chi connectivity index (χ1n) is 8.12. The molecule has 0 bridgehead atoms. The van der Waals surface area contributed by atoms with E-state index in [-0.39, 0.29) is 0 Å². The summed E-state index contributed by atoms with van der Waals surface area (Å²) in [4.78, 5) is 11.3. The van der Waals surface area contributed by atoms with Gasteiger partial charge >= 0.3 is 0 Å². The van der Waals surface area contributed by atoms with E-state index in [1.54, 1.807) is 7.11 Å². The molecule has 0 amide bonds. The number of aromatic nitrogens is 2. The molecule has 2 fully saturated rings. The number of ether oxygens (including phenoxy) is 2. The predicted octanol–water partition coefficient (Wildman–Crippen LogP) is 0.209. The summed E-state index contributed by atoms with van der Waals surface area (Å²) in [6.45, 7) is 4.00. The summed E-state index contributed by atoms with van der Waals surface area (Å²) in [6, 6.07) is 2.01. The van der Waals surface area contributed by atoms with Crippen LogP contribution in [0.4, 0.5) is 5.82 Å². The Morgan fingerprint density at radius 1 is 1.29 bits per heavy atom. The van der Waals surface area contributed by atoms with Crippen LogP contribution in [0.1, 0.15) is 23.9 Å². The molecule has 1 atom stereocenters. The maximum absolute atomic E-state index is 11.6. The highest BCUT2D eigenvalue weighted by molar-refractivity contribution is 7.88. The van der Waals surface area contributed by atoms with Gasteiger partial charge < -0.3 is 14.4 Å². The molecule has 0 radical (unpaired) electrons. The quantitative estimate of drug-likeness (QED) is 0.745. The van der Waals surface area contributed by atoms with E-state index in [4.69, 9.17) is 9.47 Å². The van der Waals surface area contributed by atoms with E-state index in [1.807, 2.05) is 6.07 Å². The fraction of sp³-hybridized carbons (Fsp3) is 0.733. The van der Waals surface area contributed by atoms with Crippen LogP contribution in [0, 0.1) is 0 Å². The molecule has 1 aromatic rings. The molecule has 0 unspecified atom stereocenters. The Hall–Kier alpha value is -1.29. The summed E-state index contributed by atoms with van der Waals surface area (Å²) in [6.07, 6.45) is 2.22. The van der Waals surface area contributed by atoms with Gasteiger partial charge in [-0.1, -0.05) is 0 Å². The molecule has 0 spiro atoms. The van der Waals surface area contributed by atoms with Crippen molar-refractivity contribution in [2.45, 2.75) is 18.9 Å². The Bertz CT molecular complexity index is 668. The highest BCUT2D eigenvalue weighted by atomic mass is 32.2. The Morgan fingerprint density at radius 2 is 2.04 bits per heavy atom. The molecule has 0 aliphatic carbocycles. The fourth-order valence-electron chi connectivity index (χ4n) is 3.08. The van der Waals surface area contributed by atoms with Gasteiger partial charge in [-0.25, -0.2) is 18.4 Å². The highest BCUT2D eigenvalue weighted by Gasteiger charge is 2.26. The van der Waals surface area contributed by atoms with Crippen LogP contribution in [0.3, 0.4) is 0 Å². The van der Waals surface area contributed by atoms with Crippen molar-refractivity contribution in [1.82, 2.24) is 14.3 Å². The molecule has 2 aliphatic rings. The van der Waals surface area contributed by atoms with Gasteiger partial charge in [0, 0.05) is 51.9 Å². The van der Waals surface area contributed by atoms with Gasteiger partial charge in [0.1, 0.15) is 12.4 Å². The molecular formula is C15H24N4O4S. The summed E-state index contributed by atoms with van der Waals surface area (Å²) in [7, 11) is -1.51. The van der Waals surface area contributed by atoms with Gasteiger partial charge in [-0.05, 0) is 6.42 Å². The van der Waals surface area contributed by atoms with Crippen molar-refractivity contribution < 1.29 is 17.9 Å². The fourth-order valence-corrected chi connectivity index (χ4v) is 3.91. The zero-order valence-corrected chi connectivity index (χ0v) is 15.0. The highest BCUT2D eigenvalue weighted by Crippen LogP contribution is 2.27. The maximum Gasteiger partial charge on any atom is 0.211 e. The number of sulfonamides is 1. The zero-order chi connectivity index (χ0) is 17.2. The van der Waals surface area contributed by atoms with Gasteiger partial charge in [-0.2, -0.15) is 4.31 Å². The molecule has 24 heavy (non-hydrogen) atoms. The number of piperazine rings is 1. The second-order valence-electron chi connectivity index (χ2n) is 6.21. The molecule has 0 saturated carbocycles. The molecule has 2 aliphatic heterocycles. The van der Waals surface area contributed by atoms with E-state index in [0.29, 0.717) is 51.1 Å². The van der Waals surface area contributed by atoms with Crippen LogP contribution in [0.15, 0.2) is 6.07 Å². The van der Waals surface area contributed by atoms with Crippen molar-refractivity contribution >= 4 is 15.8 Å². The number of nitrogens with zero attached hydrogens (tertiary/aromatic N) is 4. The van der Waals surface area contributed by atoms with Crippen LogP contribution < -0.4 is 4.90 Å². The molecule has 134 valence electrons. The summed E-state index contributed by atoms with van der Waals surface area (Å²) in [5.74, 6) is 1.79. The first-order chi connectivity index (χ1) is 11.5. The molecule has 9 heteroatoms. The van der Waals surface area contributed by atoms with Gasteiger partial charge in [0.15, 0.2) is 5.82 Å². The minimum absolute atomic E-state index is 0.291. The third-order valence-electron chi connectivity index (χ3n) is 4.43. The lowest BCUT2D eigenvalue weighted by Crippen LogP contribution is -2.48. The van der Waals surface area contributed by atoms with Crippen LogP contribution in [0.5, 0.6) is 0 Å². The van der Waals surface area contributed by atoms with E-state index in [0.717, 1.165) is 24.5 Å². The zero-order valence-electron chi connectivity index (χ0n) is 14.1. The average molecular weight is 356 g/mol. The first-order valence-corrected chi connectivity index (χ1v) is 9.97. The van der Waals surface area contributed by atoms with Crippen molar-refractivity contribution in [2.75, 3.05) is 57.7 Å². The van der Waals surface area contributed by atoms with E-state index in [2.05, 4.69) is 14.9 Å². The van der Waals surface area contributed by atoms with Gasteiger partial charge in [-0.3, -0.25) is 0 Å². The van der Waals surface area contributed by atoms with Gasteiger partial charge in [0.05, 0.1) is 18.6 Å². The van der Waals surface area contributed by atoms with Gasteiger partial charge in [0.25, 0.3) is 0 Å². The van der Waals surface area contributed by atoms with Crippen molar-refractivity contribution in [3.05, 3.63) is 17.6 Å². The third kappa shape index (κ3) is 4.02. The van der Waals surface area contributed by atoms with Crippen molar-refractivity contribution in [3.63, 3.8) is 0 Å². The van der Waals surface area contributed by atoms with Crippen LogP contribution in [-0.2, 0) is 26.1 Å². The second kappa shape index (κ2) is 7.30. The lowest BCUT2D eigenvalue weighted by atomic mass is 10.0. The van der Waals surface area contributed by atoms with Crippen LogP contribution >= 0.6 is 0 Å². The lowest BCUT2D eigenvalue weighted by Gasteiger charge is -2.34. The molecule has 1 aromatic heterocycles. The van der Waals surface area contributed by atoms with Crippen molar-refractivity contribution in [3.8, 4) is 0 Å². The molecule has 2 saturated heterocycles. The van der Waals surface area contributed by atoms with E-state index in [9.17, 15) is 8.42 Å². The minimum atomic E-state index is -3.13. The molecule has 0 N–H and O–H groups in total. The number of hydrogen-bond donors (Lipinski definition) is 0. The van der Waals surface area contributed by atoms with E-state index in [1.165, 1.54) is 10.6 Å². The summed E-state index contributed by atoms with van der Waals surface area (Å²) < 4.78 is 35.5. The van der Waals surface area contributed by atoms with Crippen molar-refractivity contribution in [2.24, 2.45) is 0 Å². The van der Waals surface area contributed by atoms with Crippen molar-refractivity contribution in [1.29, 1.82) is 0 Å². The second-order valence-corrected chi connectivity index (χ2v) is 8.19. The predicted molar refractivity (Wildman–Crippen MR) is 89.6 cm³/mol. The Balaban J connectivity index is 1.79. The number of methoxy groups -OCH3 is 1. The lowest BCUT2D eigenvalue weighted by molar-refractivity contribution is 0.177. The third-order valence-corrected chi connectivity index (χ3v) is 5.73. The van der Waals surface area contributed by atoms with Crippen LogP contribution in [0.2, 0.25) is 0 Å². The monoisotopic (exact) mass is 356 g/mol. The number of rotatable bonds is 5. The molecule has 3 rings (SSSR count). The maximum atomic E-state index is 11.6. The number of hydrogen-bond acceptors (Lipinski definition) is 7. The Labute approximate surface area is 142 Å². The van der Waals surface area contributed by atoms with Gasteiger partial charge in [-0.15, -0.1) is 0 Å². The smallest absolute Gasteiger partial charge is 0.211 e. The summed E-state index contributed by atoms with van der Waals surface area (Å²) in [5, 5.41) is 0. The standard InChI is InChI=1S/C15H24N4O4S/c1-22-11-14-16-13(12-3-8-23-10-12)9-15(17-14)18-4-6-19(7-5-18)24(2,20)21/h9,12H,3-8,10-11H2,1-2H3/t12-/m0/s1. The summed E-state index contributed by atoms with van der Waals surface area (Å²) in [5.41, 5.74) is 0.982. The molecular weight excluding hydrogens is 332 g/mol. The Kier molecular flexibility index (Phi) is 5.33. The van der Waals surface area contributed by atoms with Gasteiger partial charge in [0.2, 0.25) is 10.0 Å². The SMILES string of the molecule is COCc1nc([C@H]2CCOC2)cc(N2CCN(S(C)(=O)=O)CC2)n1. The Morgan fingerprint density at radius 3 is 2.62 bits per heavy atom. The van der Waals surface area contributed by atoms with Crippen LogP contribution in [-0.4, -0.2) is 75.4 Å². The largest absolute Gasteiger partial charge is 0.381 e. The molecule has 8 nitrogen and oxygen atoms in total. The average Bonchev–Trinajstić information content (AvgIpc) is 3.09. The molecule has 3 heterocycles. The normalized spacial score (nSPS) is 22.9. The van der Waals surface area contributed by atoms with E-state index < -0.39 is 10.0 Å². The first kappa shape index (κ1) is 17.5. The van der Waals surface area contributed by atoms with E-state index >= 15 is 0 Å².